The van der Waals surface area contributed by atoms with Crippen molar-refractivity contribution in [2.75, 3.05) is 18.4 Å². The van der Waals surface area contributed by atoms with Crippen LogP contribution in [0.4, 0.5) is 5.82 Å². The Balaban J connectivity index is 1.42. The first kappa shape index (κ1) is 21.3. The molecule has 6 heteroatoms. The van der Waals surface area contributed by atoms with Gasteiger partial charge in [-0.15, -0.1) is 0 Å². The van der Waals surface area contributed by atoms with E-state index in [1.54, 1.807) is 12.1 Å². The maximum Gasteiger partial charge on any atom is 0.228 e. The number of aryl methyl sites for hydroxylation is 1. The van der Waals surface area contributed by atoms with Gasteiger partial charge in [0.05, 0.1) is 5.02 Å². The highest BCUT2D eigenvalue weighted by Crippen LogP contribution is 2.21. The highest BCUT2D eigenvalue weighted by atomic mass is 35.5. The van der Waals surface area contributed by atoms with Crippen molar-refractivity contribution in [1.29, 1.82) is 0 Å². The van der Waals surface area contributed by atoms with Crippen LogP contribution in [0.3, 0.4) is 0 Å². The van der Waals surface area contributed by atoms with Crippen molar-refractivity contribution in [1.82, 2.24) is 9.88 Å². The number of carbonyl (C=O) groups is 2. The second-order valence-electron chi connectivity index (χ2n) is 7.90. The molecule has 1 fully saturated rings. The Morgan fingerprint density at radius 1 is 1.14 bits per heavy atom. The van der Waals surface area contributed by atoms with E-state index in [4.69, 9.17) is 11.6 Å². The largest absolute Gasteiger partial charge is 0.343 e. The molecule has 0 spiro atoms. The number of carbonyl (C=O) groups excluding carboxylic acids is 2. The van der Waals surface area contributed by atoms with Crippen LogP contribution in [0.25, 0.3) is 0 Å². The third-order valence-corrected chi connectivity index (χ3v) is 5.69. The molecule has 0 atom stereocenters. The SMILES string of the molecule is CC(C)c1ccc(CCC(=O)N2CCC(C(=O)Nc3ccc(Cl)cn3)CC2)cc1. The summed E-state index contributed by atoms with van der Waals surface area (Å²) in [4.78, 5) is 31.0. The van der Waals surface area contributed by atoms with Crippen molar-refractivity contribution < 1.29 is 9.59 Å². The van der Waals surface area contributed by atoms with Crippen LogP contribution in [0.15, 0.2) is 42.6 Å². The molecule has 1 saturated heterocycles. The predicted molar refractivity (Wildman–Crippen MR) is 116 cm³/mol. The van der Waals surface area contributed by atoms with E-state index >= 15 is 0 Å². The van der Waals surface area contributed by atoms with Gasteiger partial charge in [0.2, 0.25) is 11.8 Å². The zero-order valence-corrected chi connectivity index (χ0v) is 17.8. The monoisotopic (exact) mass is 413 g/mol. The average Bonchev–Trinajstić information content (AvgIpc) is 2.74. The molecule has 0 saturated carbocycles. The van der Waals surface area contributed by atoms with E-state index in [1.807, 2.05) is 4.90 Å². The number of aromatic nitrogens is 1. The number of benzene rings is 1. The molecule has 1 aliphatic heterocycles. The molecule has 29 heavy (non-hydrogen) atoms. The van der Waals surface area contributed by atoms with Gasteiger partial charge in [-0.05, 0) is 48.4 Å². The van der Waals surface area contributed by atoms with Gasteiger partial charge in [0, 0.05) is 31.6 Å². The van der Waals surface area contributed by atoms with Gasteiger partial charge in [-0.2, -0.15) is 0 Å². The molecule has 1 N–H and O–H groups in total. The first-order chi connectivity index (χ1) is 13.9. The van der Waals surface area contributed by atoms with Gasteiger partial charge < -0.3 is 10.2 Å². The standard InChI is InChI=1S/C23H28ClN3O2/c1-16(2)18-6-3-17(4-7-18)5-10-22(28)27-13-11-19(12-14-27)23(29)26-21-9-8-20(24)15-25-21/h3-4,6-9,15-16,19H,5,10-14H2,1-2H3,(H,25,26,29). The maximum atomic E-state index is 12.5. The molecule has 2 heterocycles. The van der Waals surface area contributed by atoms with Crippen molar-refractivity contribution in [2.45, 2.75) is 45.4 Å². The van der Waals surface area contributed by atoms with Crippen LogP contribution in [0, 0.1) is 5.92 Å². The van der Waals surface area contributed by atoms with Gasteiger partial charge in [-0.3, -0.25) is 9.59 Å². The van der Waals surface area contributed by atoms with E-state index in [-0.39, 0.29) is 17.7 Å². The van der Waals surface area contributed by atoms with E-state index in [0.29, 0.717) is 49.1 Å². The number of halogens is 1. The minimum atomic E-state index is -0.0971. The third kappa shape index (κ3) is 6.04. The van der Waals surface area contributed by atoms with Crippen molar-refractivity contribution in [3.05, 3.63) is 58.7 Å². The van der Waals surface area contributed by atoms with Crippen molar-refractivity contribution >= 4 is 29.2 Å². The van der Waals surface area contributed by atoms with Crippen molar-refractivity contribution in [3.63, 3.8) is 0 Å². The number of pyridine rings is 1. The predicted octanol–water partition coefficient (Wildman–Crippen LogP) is 4.67. The second kappa shape index (κ2) is 9.88. The molecule has 2 aromatic rings. The Labute approximate surface area is 177 Å². The lowest BCUT2D eigenvalue weighted by molar-refractivity contribution is -0.134. The van der Waals surface area contributed by atoms with Gasteiger partial charge in [0.25, 0.3) is 0 Å². The Hall–Kier alpha value is -2.40. The van der Waals surface area contributed by atoms with Gasteiger partial charge in [-0.25, -0.2) is 4.98 Å². The number of hydrogen-bond acceptors (Lipinski definition) is 3. The molecule has 0 radical (unpaired) electrons. The lowest BCUT2D eigenvalue weighted by Crippen LogP contribution is -2.41. The number of nitrogens with one attached hydrogen (secondary N) is 1. The molecule has 2 amide bonds. The third-order valence-electron chi connectivity index (χ3n) is 5.47. The minimum Gasteiger partial charge on any atom is -0.343 e. The van der Waals surface area contributed by atoms with Crippen LogP contribution in [0.1, 0.15) is 50.2 Å². The van der Waals surface area contributed by atoms with Crippen LogP contribution >= 0.6 is 11.6 Å². The topological polar surface area (TPSA) is 62.3 Å². The number of likely N-dealkylation sites (tertiary alicyclic amines) is 1. The maximum absolute atomic E-state index is 12.5. The minimum absolute atomic E-state index is 0.0443. The lowest BCUT2D eigenvalue weighted by Gasteiger charge is -2.31. The molecular formula is C23H28ClN3O2. The van der Waals surface area contributed by atoms with E-state index < -0.39 is 0 Å². The highest BCUT2D eigenvalue weighted by molar-refractivity contribution is 6.30. The Morgan fingerprint density at radius 3 is 2.41 bits per heavy atom. The number of amides is 2. The van der Waals surface area contributed by atoms with E-state index in [2.05, 4.69) is 48.4 Å². The summed E-state index contributed by atoms with van der Waals surface area (Å²) in [6, 6.07) is 11.9. The molecular weight excluding hydrogens is 386 g/mol. The number of hydrogen-bond donors (Lipinski definition) is 1. The van der Waals surface area contributed by atoms with E-state index in [1.165, 1.54) is 17.3 Å². The Kier molecular flexibility index (Phi) is 7.26. The van der Waals surface area contributed by atoms with Crippen LogP contribution in [-0.4, -0.2) is 34.8 Å². The second-order valence-corrected chi connectivity index (χ2v) is 8.34. The molecule has 154 valence electrons. The quantitative estimate of drug-likeness (QED) is 0.748. The summed E-state index contributed by atoms with van der Waals surface area (Å²) in [5, 5.41) is 3.36. The van der Waals surface area contributed by atoms with Crippen molar-refractivity contribution in [2.24, 2.45) is 5.92 Å². The summed E-state index contributed by atoms with van der Waals surface area (Å²) in [7, 11) is 0. The smallest absolute Gasteiger partial charge is 0.228 e. The summed E-state index contributed by atoms with van der Waals surface area (Å²) in [6.07, 6.45) is 4.11. The number of anilines is 1. The van der Waals surface area contributed by atoms with Crippen LogP contribution in [-0.2, 0) is 16.0 Å². The summed E-state index contributed by atoms with van der Waals surface area (Å²) < 4.78 is 0. The molecule has 5 nitrogen and oxygen atoms in total. The van der Waals surface area contributed by atoms with Crippen molar-refractivity contribution in [3.8, 4) is 0 Å². The molecule has 0 aliphatic carbocycles. The summed E-state index contributed by atoms with van der Waals surface area (Å²) in [5.41, 5.74) is 2.50. The lowest BCUT2D eigenvalue weighted by atomic mass is 9.95. The zero-order chi connectivity index (χ0) is 20.8. The fourth-order valence-corrected chi connectivity index (χ4v) is 3.66. The molecule has 0 bridgehead atoms. The van der Waals surface area contributed by atoms with E-state index in [9.17, 15) is 9.59 Å². The average molecular weight is 414 g/mol. The van der Waals surface area contributed by atoms with Gasteiger partial charge in [-0.1, -0.05) is 49.7 Å². The van der Waals surface area contributed by atoms with Crippen LogP contribution < -0.4 is 5.32 Å². The number of nitrogens with zero attached hydrogens (tertiary/aromatic N) is 2. The first-order valence-electron chi connectivity index (χ1n) is 10.2. The molecule has 3 rings (SSSR count). The van der Waals surface area contributed by atoms with Crippen LogP contribution in [0.2, 0.25) is 5.02 Å². The summed E-state index contributed by atoms with van der Waals surface area (Å²) >= 11 is 5.81. The van der Waals surface area contributed by atoms with E-state index in [0.717, 1.165) is 6.42 Å². The van der Waals surface area contributed by atoms with Gasteiger partial charge in [0.1, 0.15) is 5.82 Å². The zero-order valence-electron chi connectivity index (χ0n) is 17.0. The summed E-state index contributed by atoms with van der Waals surface area (Å²) in [5.74, 6) is 1.04. The van der Waals surface area contributed by atoms with Crippen LogP contribution in [0.5, 0.6) is 0 Å². The Morgan fingerprint density at radius 2 is 1.83 bits per heavy atom. The fourth-order valence-electron chi connectivity index (χ4n) is 3.55. The molecule has 0 unspecified atom stereocenters. The first-order valence-corrected chi connectivity index (χ1v) is 10.6. The normalized spacial score (nSPS) is 14.8. The highest BCUT2D eigenvalue weighted by Gasteiger charge is 2.27. The Bertz CT molecular complexity index is 826. The fraction of sp³-hybridized carbons (Fsp3) is 0.435. The number of piperidine rings is 1. The molecule has 1 aromatic carbocycles. The molecule has 1 aromatic heterocycles. The van der Waals surface area contributed by atoms with Gasteiger partial charge in [0.15, 0.2) is 0 Å². The molecule has 1 aliphatic rings. The summed E-state index contributed by atoms with van der Waals surface area (Å²) in [6.45, 7) is 5.59. The number of rotatable bonds is 6. The van der Waals surface area contributed by atoms with Gasteiger partial charge >= 0.3 is 0 Å².